The predicted octanol–water partition coefficient (Wildman–Crippen LogP) is 1.94. The zero-order valence-electron chi connectivity index (χ0n) is 9.86. The molecule has 0 aliphatic carbocycles. The number of aromatic nitrogens is 3. The van der Waals surface area contributed by atoms with Crippen LogP contribution in [0.1, 0.15) is 18.3 Å². The van der Waals surface area contributed by atoms with Crippen LogP contribution in [0.4, 0.5) is 5.82 Å². The fourth-order valence-corrected chi connectivity index (χ4v) is 1.79. The normalized spacial score (nSPS) is 10.7. The smallest absolute Gasteiger partial charge is 0.131 e. The van der Waals surface area contributed by atoms with Gasteiger partial charge in [0.15, 0.2) is 0 Å². The van der Waals surface area contributed by atoms with Crippen LogP contribution in [-0.4, -0.2) is 14.5 Å². The minimum Gasteiger partial charge on any atom is -0.383 e. The van der Waals surface area contributed by atoms with Crippen molar-refractivity contribution in [1.82, 2.24) is 14.5 Å². The minimum absolute atomic E-state index is 0.702. The summed E-state index contributed by atoms with van der Waals surface area (Å²) in [4.78, 5) is 8.68. The first kappa shape index (κ1) is 10.7. The Hall–Kier alpha value is -1.84. The van der Waals surface area contributed by atoms with Crippen LogP contribution in [0.25, 0.3) is 11.3 Å². The van der Waals surface area contributed by atoms with Crippen molar-refractivity contribution in [2.75, 3.05) is 5.73 Å². The van der Waals surface area contributed by atoms with Gasteiger partial charge in [-0.1, -0.05) is 6.92 Å². The number of rotatable bonds is 2. The molecule has 2 heterocycles. The van der Waals surface area contributed by atoms with Gasteiger partial charge < -0.3 is 10.3 Å². The van der Waals surface area contributed by atoms with Crippen molar-refractivity contribution in [2.24, 2.45) is 7.05 Å². The van der Waals surface area contributed by atoms with E-state index in [0.717, 1.165) is 29.1 Å². The van der Waals surface area contributed by atoms with Gasteiger partial charge in [-0.3, -0.25) is 4.98 Å². The van der Waals surface area contributed by atoms with Crippen LogP contribution in [0.3, 0.4) is 0 Å². The average Bonchev–Trinajstić information content (AvgIpc) is 2.57. The molecule has 84 valence electrons. The molecule has 4 nitrogen and oxygen atoms in total. The summed E-state index contributed by atoms with van der Waals surface area (Å²) >= 11 is 0. The molecule has 0 amide bonds. The van der Waals surface area contributed by atoms with Crippen LogP contribution >= 0.6 is 0 Å². The summed E-state index contributed by atoms with van der Waals surface area (Å²) in [6.07, 6.45) is 4.46. The Bertz CT molecular complexity index is 514. The Kier molecular flexibility index (Phi) is 2.64. The lowest BCUT2D eigenvalue weighted by molar-refractivity contribution is 0.816. The summed E-state index contributed by atoms with van der Waals surface area (Å²) in [6, 6.07) is 1.97. The van der Waals surface area contributed by atoms with Crippen LogP contribution in [0.5, 0.6) is 0 Å². The third kappa shape index (κ3) is 1.56. The van der Waals surface area contributed by atoms with Crippen LogP contribution in [0.2, 0.25) is 0 Å². The summed E-state index contributed by atoms with van der Waals surface area (Å²) < 4.78 is 1.93. The molecule has 0 aliphatic heterocycles. The maximum Gasteiger partial charge on any atom is 0.131 e. The Morgan fingerprint density at radius 2 is 2.19 bits per heavy atom. The van der Waals surface area contributed by atoms with E-state index in [0.29, 0.717) is 5.82 Å². The molecule has 0 fully saturated rings. The van der Waals surface area contributed by atoms with E-state index in [1.165, 1.54) is 0 Å². The number of anilines is 1. The van der Waals surface area contributed by atoms with Gasteiger partial charge in [-0.25, -0.2) is 4.98 Å². The second kappa shape index (κ2) is 3.96. The molecule has 2 N–H and O–H groups in total. The van der Waals surface area contributed by atoms with Gasteiger partial charge in [0.05, 0.1) is 0 Å². The van der Waals surface area contributed by atoms with Crippen molar-refractivity contribution in [3.63, 3.8) is 0 Å². The fourth-order valence-electron chi connectivity index (χ4n) is 1.79. The summed E-state index contributed by atoms with van der Waals surface area (Å²) in [5.41, 5.74) is 9.04. The van der Waals surface area contributed by atoms with E-state index >= 15 is 0 Å². The second-order valence-electron chi connectivity index (χ2n) is 3.87. The molecular weight excluding hydrogens is 200 g/mol. The third-order valence-corrected chi connectivity index (χ3v) is 2.84. The van der Waals surface area contributed by atoms with Gasteiger partial charge in [-0.2, -0.15) is 0 Å². The Morgan fingerprint density at radius 1 is 1.44 bits per heavy atom. The highest BCUT2D eigenvalue weighted by Gasteiger charge is 2.14. The molecule has 4 heteroatoms. The number of pyridine rings is 1. The molecule has 0 bridgehead atoms. The first-order chi connectivity index (χ1) is 7.65. The van der Waals surface area contributed by atoms with E-state index in [1.807, 2.05) is 30.8 Å². The number of nitrogens with two attached hydrogens (primary N) is 1. The predicted molar refractivity (Wildman–Crippen MR) is 65.0 cm³/mol. The molecule has 2 rings (SSSR count). The quantitative estimate of drug-likeness (QED) is 0.834. The van der Waals surface area contributed by atoms with E-state index in [2.05, 4.69) is 16.9 Å². The van der Waals surface area contributed by atoms with Gasteiger partial charge in [-0.15, -0.1) is 0 Å². The third-order valence-electron chi connectivity index (χ3n) is 2.84. The highest BCUT2D eigenvalue weighted by atomic mass is 15.1. The molecule has 0 unspecified atom stereocenters. The van der Waals surface area contributed by atoms with E-state index in [9.17, 15) is 0 Å². The number of nitrogens with zero attached hydrogens (tertiary/aromatic N) is 3. The second-order valence-corrected chi connectivity index (χ2v) is 3.87. The highest BCUT2D eigenvalue weighted by Crippen LogP contribution is 2.27. The molecule has 0 saturated heterocycles. The molecular formula is C12H16N4. The molecule has 16 heavy (non-hydrogen) atoms. The highest BCUT2D eigenvalue weighted by molar-refractivity contribution is 5.72. The van der Waals surface area contributed by atoms with Gasteiger partial charge in [-0.05, 0) is 18.6 Å². The largest absolute Gasteiger partial charge is 0.383 e. The summed E-state index contributed by atoms with van der Waals surface area (Å²) in [5, 5.41) is 0. The van der Waals surface area contributed by atoms with Gasteiger partial charge >= 0.3 is 0 Å². The maximum atomic E-state index is 6.05. The van der Waals surface area contributed by atoms with Crippen molar-refractivity contribution in [3.8, 4) is 11.3 Å². The number of nitrogen functional groups attached to an aromatic ring is 1. The monoisotopic (exact) mass is 216 g/mol. The average molecular weight is 216 g/mol. The molecule has 0 atom stereocenters. The van der Waals surface area contributed by atoms with Crippen molar-refractivity contribution in [3.05, 3.63) is 29.8 Å². The van der Waals surface area contributed by atoms with Crippen LogP contribution in [0.15, 0.2) is 18.5 Å². The topological polar surface area (TPSA) is 56.7 Å². The Balaban J connectivity index is 2.61. The molecule has 2 aromatic heterocycles. The van der Waals surface area contributed by atoms with Crippen LogP contribution < -0.4 is 5.73 Å². The zero-order chi connectivity index (χ0) is 11.7. The lowest BCUT2D eigenvalue weighted by Crippen LogP contribution is -2.00. The standard InChI is InChI=1S/C12H16N4/c1-4-10-15-11(12(13)16(10)3)9-7-14-6-5-8(9)2/h5-7H,4,13H2,1-3H3. The van der Waals surface area contributed by atoms with Crippen molar-refractivity contribution < 1.29 is 0 Å². The fraction of sp³-hybridized carbons (Fsp3) is 0.333. The molecule has 0 aliphatic rings. The number of imidazole rings is 1. The molecule has 2 aromatic rings. The van der Waals surface area contributed by atoms with Gasteiger partial charge in [0, 0.05) is 31.4 Å². The zero-order valence-corrected chi connectivity index (χ0v) is 9.86. The summed E-state index contributed by atoms with van der Waals surface area (Å²) in [6.45, 7) is 4.11. The number of hydrogen-bond donors (Lipinski definition) is 1. The number of hydrogen-bond acceptors (Lipinski definition) is 3. The van der Waals surface area contributed by atoms with E-state index in [1.54, 1.807) is 6.20 Å². The van der Waals surface area contributed by atoms with Crippen LogP contribution in [0, 0.1) is 6.92 Å². The van der Waals surface area contributed by atoms with E-state index in [-0.39, 0.29) is 0 Å². The SMILES string of the molecule is CCc1nc(-c2cnccc2C)c(N)n1C. The van der Waals surface area contributed by atoms with Crippen molar-refractivity contribution >= 4 is 5.82 Å². The molecule has 0 spiro atoms. The van der Waals surface area contributed by atoms with Crippen molar-refractivity contribution in [2.45, 2.75) is 20.3 Å². The van der Waals surface area contributed by atoms with Crippen molar-refractivity contribution in [1.29, 1.82) is 0 Å². The minimum atomic E-state index is 0.702. The van der Waals surface area contributed by atoms with Gasteiger partial charge in [0.1, 0.15) is 17.3 Å². The first-order valence-electron chi connectivity index (χ1n) is 5.37. The number of aryl methyl sites for hydroxylation is 2. The molecule has 0 aromatic carbocycles. The molecule has 0 saturated carbocycles. The summed E-state index contributed by atoms with van der Waals surface area (Å²) in [5.74, 6) is 1.70. The van der Waals surface area contributed by atoms with E-state index < -0.39 is 0 Å². The maximum absolute atomic E-state index is 6.05. The lowest BCUT2D eigenvalue weighted by Gasteiger charge is -2.03. The summed E-state index contributed by atoms with van der Waals surface area (Å²) in [7, 11) is 1.94. The van der Waals surface area contributed by atoms with E-state index in [4.69, 9.17) is 5.73 Å². The van der Waals surface area contributed by atoms with Gasteiger partial charge in [0.2, 0.25) is 0 Å². The Morgan fingerprint density at radius 3 is 2.75 bits per heavy atom. The molecule has 0 radical (unpaired) electrons. The van der Waals surface area contributed by atoms with Gasteiger partial charge in [0.25, 0.3) is 0 Å². The first-order valence-corrected chi connectivity index (χ1v) is 5.37. The van der Waals surface area contributed by atoms with Crippen LogP contribution in [-0.2, 0) is 13.5 Å². The Labute approximate surface area is 95.1 Å². The lowest BCUT2D eigenvalue weighted by atomic mass is 10.1.